The van der Waals surface area contributed by atoms with Crippen molar-refractivity contribution in [1.29, 1.82) is 0 Å². The average molecular weight is 350 g/mol. The fourth-order valence-electron chi connectivity index (χ4n) is 2.29. The smallest absolute Gasteiger partial charge is 0.133 e. The van der Waals surface area contributed by atoms with Gasteiger partial charge in [-0.2, -0.15) is 0 Å². The number of aliphatic hydroxyl groups excluding tert-OH is 1. The van der Waals surface area contributed by atoms with E-state index in [-0.39, 0.29) is 18.7 Å². The van der Waals surface area contributed by atoms with Gasteiger partial charge in [-0.15, -0.1) is 0 Å². The molecule has 0 aliphatic heterocycles. The highest BCUT2D eigenvalue weighted by atomic mass is 79.9. The molecule has 2 N–H and O–H groups in total. The molecule has 2 atom stereocenters. The van der Waals surface area contributed by atoms with E-state index < -0.39 is 0 Å². The lowest BCUT2D eigenvalue weighted by atomic mass is 10.0. The lowest BCUT2D eigenvalue weighted by Gasteiger charge is -2.23. The second-order valence-electron chi connectivity index (χ2n) is 4.93. The van der Waals surface area contributed by atoms with Crippen LogP contribution in [0.2, 0.25) is 0 Å². The molecule has 0 fully saturated rings. The molecular weight excluding hydrogens is 330 g/mol. The molecular formula is C17H20BrNO2. The van der Waals surface area contributed by atoms with E-state index in [1.807, 2.05) is 48.5 Å². The molecule has 2 rings (SSSR count). The number of aliphatic hydroxyl groups is 1. The van der Waals surface area contributed by atoms with E-state index in [2.05, 4.69) is 28.2 Å². The number of hydrogen-bond acceptors (Lipinski definition) is 3. The number of benzene rings is 2. The summed E-state index contributed by atoms with van der Waals surface area (Å²) >= 11 is 3.50. The van der Waals surface area contributed by atoms with Gasteiger partial charge in [0.05, 0.1) is 24.2 Å². The summed E-state index contributed by atoms with van der Waals surface area (Å²) in [5.74, 6) is 0.813. The molecule has 0 aromatic heterocycles. The maximum Gasteiger partial charge on any atom is 0.133 e. The number of nitrogens with one attached hydrogen (secondary N) is 1. The van der Waals surface area contributed by atoms with Crippen LogP contribution in [0.25, 0.3) is 0 Å². The Labute approximate surface area is 134 Å². The Morgan fingerprint density at radius 2 is 1.86 bits per heavy atom. The molecule has 0 bridgehead atoms. The van der Waals surface area contributed by atoms with E-state index in [0.29, 0.717) is 0 Å². The number of ether oxygens (including phenoxy) is 1. The first kappa shape index (κ1) is 16.0. The van der Waals surface area contributed by atoms with Gasteiger partial charge in [-0.05, 0) is 46.1 Å². The van der Waals surface area contributed by atoms with Gasteiger partial charge >= 0.3 is 0 Å². The molecule has 112 valence electrons. The van der Waals surface area contributed by atoms with Crippen molar-refractivity contribution in [2.75, 3.05) is 13.7 Å². The van der Waals surface area contributed by atoms with E-state index in [1.54, 1.807) is 7.11 Å². The summed E-state index contributed by atoms with van der Waals surface area (Å²) in [7, 11) is 1.65. The number of methoxy groups -OCH3 is 1. The Morgan fingerprint density at radius 1 is 1.14 bits per heavy atom. The average Bonchev–Trinajstić information content (AvgIpc) is 2.53. The summed E-state index contributed by atoms with van der Waals surface area (Å²) in [6, 6.07) is 16.0. The van der Waals surface area contributed by atoms with Crippen molar-refractivity contribution >= 4 is 15.9 Å². The second kappa shape index (κ2) is 7.59. The van der Waals surface area contributed by atoms with Crippen LogP contribution in [0, 0.1) is 0 Å². The van der Waals surface area contributed by atoms with Crippen molar-refractivity contribution in [1.82, 2.24) is 5.32 Å². The zero-order chi connectivity index (χ0) is 15.2. The summed E-state index contributed by atoms with van der Waals surface area (Å²) in [6.07, 6.45) is 0. The molecule has 2 unspecified atom stereocenters. The Balaban J connectivity index is 2.12. The molecule has 0 saturated heterocycles. The maximum atomic E-state index is 9.62. The molecule has 3 nitrogen and oxygen atoms in total. The van der Waals surface area contributed by atoms with Gasteiger partial charge in [0.25, 0.3) is 0 Å². The van der Waals surface area contributed by atoms with Gasteiger partial charge in [0, 0.05) is 6.04 Å². The fraction of sp³-hybridized carbons (Fsp3) is 0.294. The first-order chi connectivity index (χ1) is 10.2. The lowest BCUT2D eigenvalue weighted by molar-refractivity contribution is 0.235. The Kier molecular flexibility index (Phi) is 5.79. The van der Waals surface area contributed by atoms with Crippen LogP contribution in [-0.2, 0) is 0 Å². The predicted molar refractivity (Wildman–Crippen MR) is 88.5 cm³/mol. The number of rotatable bonds is 6. The zero-order valence-electron chi connectivity index (χ0n) is 12.2. The highest BCUT2D eigenvalue weighted by Crippen LogP contribution is 2.29. The van der Waals surface area contributed by atoms with Crippen molar-refractivity contribution in [3.05, 3.63) is 64.1 Å². The van der Waals surface area contributed by atoms with Crippen molar-refractivity contribution in [3.8, 4) is 5.75 Å². The maximum absolute atomic E-state index is 9.62. The molecule has 0 saturated carbocycles. The second-order valence-corrected chi connectivity index (χ2v) is 5.78. The van der Waals surface area contributed by atoms with Crippen LogP contribution in [0.3, 0.4) is 0 Å². The molecule has 0 radical (unpaired) electrons. The molecule has 4 heteroatoms. The molecule has 0 aliphatic rings. The molecule has 0 amide bonds. The van der Waals surface area contributed by atoms with Crippen LogP contribution < -0.4 is 10.1 Å². The van der Waals surface area contributed by atoms with Gasteiger partial charge < -0.3 is 15.2 Å². The normalized spacial score (nSPS) is 13.7. The third-order valence-corrected chi connectivity index (χ3v) is 4.13. The van der Waals surface area contributed by atoms with Gasteiger partial charge in [0.2, 0.25) is 0 Å². The first-order valence-electron chi connectivity index (χ1n) is 6.91. The lowest BCUT2D eigenvalue weighted by Crippen LogP contribution is -2.27. The molecule has 2 aromatic rings. The predicted octanol–water partition coefficient (Wildman–Crippen LogP) is 3.84. The van der Waals surface area contributed by atoms with Crippen LogP contribution >= 0.6 is 15.9 Å². The summed E-state index contributed by atoms with van der Waals surface area (Å²) in [5, 5.41) is 13.1. The van der Waals surface area contributed by atoms with Crippen LogP contribution in [0.4, 0.5) is 0 Å². The van der Waals surface area contributed by atoms with Crippen molar-refractivity contribution in [2.45, 2.75) is 19.0 Å². The topological polar surface area (TPSA) is 41.5 Å². The molecule has 0 heterocycles. The molecule has 2 aromatic carbocycles. The van der Waals surface area contributed by atoms with Crippen LogP contribution in [0.5, 0.6) is 5.75 Å². The van der Waals surface area contributed by atoms with E-state index in [1.165, 1.54) is 0 Å². The van der Waals surface area contributed by atoms with Gasteiger partial charge in [-0.1, -0.05) is 36.4 Å². The number of halogens is 1. The Hall–Kier alpha value is -1.36. The standard InChI is InChI=1S/C17H20BrNO2/c1-12(14-8-9-17(21-2)15(18)10-14)19-16(11-20)13-6-4-3-5-7-13/h3-10,12,16,19-20H,11H2,1-2H3. The van der Waals surface area contributed by atoms with Crippen molar-refractivity contribution in [3.63, 3.8) is 0 Å². The highest BCUT2D eigenvalue weighted by molar-refractivity contribution is 9.10. The molecule has 0 spiro atoms. The number of hydrogen-bond donors (Lipinski definition) is 2. The van der Waals surface area contributed by atoms with Crippen LogP contribution in [0.15, 0.2) is 53.0 Å². The van der Waals surface area contributed by atoms with Gasteiger partial charge in [-0.25, -0.2) is 0 Å². The SMILES string of the molecule is COc1ccc(C(C)NC(CO)c2ccccc2)cc1Br. The first-order valence-corrected chi connectivity index (χ1v) is 7.70. The minimum absolute atomic E-state index is 0.0612. The van der Waals surface area contributed by atoms with Gasteiger partial charge in [-0.3, -0.25) is 0 Å². The van der Waals surface area contributed by atoms with Gasteiger partial charge in [0.1, 0.15) is 5.75 Å². The summed E-state index contributed by atoms with van der Waals surface area (Å²) < 4.78 is 6.17. The summed E-state index contributed by atoms with van der Waals surface area (Å²) in [4.78, 5) is 0. The highest BCUT2D eigenvalue weighted by Gasteiger charge is 2.15. The molecule has 21 heavy (non-hydrogen) atoms. The third-order valence-electron chi connectivity index (χ3n) is 3.51. The van der Waals surface area contributed by atoms with E-state index >= 15 is 0 Å². The quantitative estimate of drug-likeness (QED) is 0.832. The summed E-state index contributed by atoms with van der Waals surface area (Å²) in [6.45, 7) is 2.14. The van der Waals surface area contributed by atoms with Crippen LogP contribution in [0.1, 0.15) is 30.1 Å². The minimum Gasteiger partial charge on any atom is -0.496 e. The van der Waals surface area contributed by atoms with E-state index in [9.17, 15) is 5.11 Å². The van der Waals surface area contributed by atoms with Gasteiger partial charge in [0.15, 0.2) is 0 Å². The third kappa shape index (κ3) is 4.06. The van der Waals surface area contributed by atoms with Crippen molar-refractivity contribution in [2.24, 2.45) is 0 Å². The molecule has 0 aliphatic carbocycles. The largest absolute Gasteiger partial charge is 0.496 e. The van der Waals surface area contributed by atoms with Crippen molar-refractivity contribution < 1.29 is 9.84 Å². The summed E-state index contributed by atoms with van der Waals surface area (Å²) in [5.41, 5.74) is 2.22. The Bertz CT molecular complexity index is 574. The van der Waals surface area contributed by atoms with E-state index in [0.717, 1.165) is 21.3 Å². The zero-order valence-corrected chi connectivity index (χ0v) is 13.8. The van der Waals surface area contributed by atoms with E-state index in [4.69, 9.17) is 4.74 Å². The minimum atomic E-state index is -0.0814. The fourth-order valence-corrected chi connectivity index (χ4v) is 2.85. The van der Waals surface area contributed by atoms with Crippen LogP contribution in [-0.4, -0.2) is 18.8 Å². The monoisotopic (exact) mass is 349 g/mol. The Morgan fingerprint density at radius 3 is 2.43 bits per heavy atom.